The van der Waals surface area contributed by atoms with Gasteiger partial charge in [-0.1, -0.05) is 43.2 Å². The highest BCUT2D eigenvalue weighted by Crippen LogP contribution is 2.23. The molecule has 1 fully saturated rings. The zero-order valence-corrected chi connectivity index (χ0v) is 11.9. The topological polar surface area (TPSA) is 35.5 Å². The van der Waals surface area contributed by atoms with Gasteiger partial charge in [-0.05, 0) is 25.5 Å². The van der Waals surface area contributed by atoms with Crippen LogP contribution in [0.1, 0.15) is 31.2 Å². The van der Waals surface area contributed by atoms with E-state index in [1.54, 1.807) is 0 Å². The van der Waals surface area contributed by atoms with Gasteiger partial charge in [-0.25, -0.2) is 0 Å². The second kappa shape index (κ2) is 7.63. The molecule has 2 atom stereocenters. The molecular weight excluding hydrogens is 236 g/mol. The monoisotopic (exact) mass is 262 g/mol. The standard InChI is InChI=1S/C16H26N2O/c1-18(13-14-7-3-2-4-8-14)16-10-6-5-9-15(16)17-11-12-19/h2-4,7-8,15-17,19H,5-6,9-13H2,1H3. The van der Waals surface area contributed by atoms with E-state index in [1.807, 2.05) is 0 Å². The van der Waals surface area contributed by atoms with Crippen molar-refractivity contribution in [1.82, 2.24) is 10.2 Å². The first-order valence-electron chi connectivity index (χ1n) is 7.39. The summed E-state index contributed by atoms with van der Waals surface area (Å²) in [6, 6.07) is 11.8. The molecule has 19 heavy (non-hydrogen) atoms. The summed E-state index contributed by atoms with van der Waals surface area (Å²) in [5, 5.41) is 12.5. The molecule has 0 amide bonds. The Morgan fingerprint density at radius 1 is 1.21 bits per heavy atom. The zero-order valence-electron chi connectivity index (χ0n) is 11.9. The van der Waals surface area contributed by atoms with Crippen LogP contribution in [0, 0.1) is 0 Å². The third kappa shape index (κ3) is 4.30. The summed E-state index contributed by atoms with van der Waals surface area (Å²) in [4.78, 5) is 2.46. The molecule has 0 heterocycles. The Balaban J connectivity index is 1.93. The molecule has 1 aromatic carbocycles. The van der Waals surface area contributed by atoms with E-state index in [0.717, 1.165) is 6.54 Å². The third-order valence-corrected chi connectivity index (χ3v) is 4.09. The molecule has 106 valence electrons. The van der Waals surface area contributed by atoms with Crippen LogP contribution < -0.4 is 5.32 Å². The van der Waals surface area contributed by atoms with Gasteiger partial charge in [0.15, 0.2) is 0 Å². The lowest BCUT2D eigenvalue weighted by Gasteiger charge is -2.38. The van der Waals surface area contributed by atoms with Gasteiger partial charge in [-0.2, -0.15) is 0 Å². The number of aliphatic hydroxyl groups is 1. The molecule has 2 unspecified atom stereocenters. The van der Waals surface area contributed by atoms with Gasteiger partial charge in [0.2, 0.25) is 0 Å². The SMILES string of the molecule is CN(Cc1ccccc1)C1CCCCC1NCCO. The van der Waals surface area contributed by atoms with E-state index in [-0.39, 0.29) is 6.61 Å². The van der Waals surface area contributed by atoms with Crippen LogP contribution in [0.25, 0.3) is 0 Å². The molecular formula is C16H26N2O. The molecule has 0 radical (unpaired) electrons. The number of nitrogens with one attached hydrogen (secondary N) is 1. The van der Waals surface area contributed by atoms with Crippen molar-refractivity contribution < 1.29 is 5.11 Å². The Kier molecular flexibility index (Phi) is 5.83. The van der Waals surface area contributed by atoms with Crippen molar-refractivity contribution in [3.63, 3.8) is 0 Å². The molecule has 3 heteroatoms. The van der Waals surface area contributed by atoms with Crippen LogP contribution in [0.2, 0.25) is 0 Å². The number of aliphatic hydroxyl groups excluding tert-OH is 1. The first-order valence-corrected chi connectivity index (χ1v) is 7.39. The Hall–Kier alpha value is -0.900. The molecule has 0 saturated heterocycles. The predicted octanol–water partition coefficient (Wildman–Crippen LogP) is 2.01. The predicted molar refractivity (Wildman–Crippen MR) is 79.0 cm³/mol. The van der Waals surface area contributed by atoms with E-state index in [2.05, 4.69) is 47.6 Å². The summed E-state index contributed by atoms with van der Waals surface area (Å²) in [6.45, 7) is 1.94. The van der Waals surface area contributed by atoms with E-state index < -0.39 is 0 Å². The minimum atomic E-state index is 0.228. The Bertz CT molecular complexity index is 355. The summed E-state index contributed by atoms with van der Waals surface area (Å²) >= 11 is 0. The van der Waals surface area contributed by atoms with Crippen LogP contribution in [0.3, 0.4) is 0 Å². The van der Waals surface area contributed by atoms with E-state index in [1.165, 1.54) is 31.2 Å². The van der Waals surface area contributed by atoms with Gasteiger partial charge in [-0.15, -0.1) is 0 Å². The van der Waals surface area contributed by atoms with Gasteiger partial charge >= 0.3 is 0 Å². The van der Waals surface area contributed by atoms with Crippen molar-refractivity contribution in [1.29, 1.82) is 0 Å². The van der Waals surface area contributed by atoms with Crippen LogP contribution in [-0.2, 0) is 6.54 Å². The lowest BCUT2D eigenvalue weighted by molar-refractivity contribution is 0.138. The van der Waals surface area contributed by atoms with Crippen LogP contribution >= 0.6 is 0 Å². The van der Waals surface area contributed by atoms with Crippen LogP contribution in [0.4, 0.5) is 0 Å². The number of nitrogens with zero attached hydrogens (tertiary/aromatic N) is 1. The average Bonchev–Trinajstić information content (AvgIpc) is 2.46. The molecule has 1 saturated carbocycles. The molecule has 2 N–H and O–H groups in total. The van der Waals surface area contributed by atoms with Gasteiger partial charge in [0, 0.05) is 25.2 Å². The normalized spacial score (nSPS) is 23.7. The van der Waals surface area contributed by atoms with E-state index in [4.69, 9.17) is 5.11 Å². The van der Waals surface area contributed by atoms with Crippen LogP contribution in [0.15, 0.2) is 30.3 Å². The molecule has 2 rings (SSSR count). The third-order valence-electron chi connectivity index (χ3n) is 4.09. The van der Waals surface area contributed by atoms with Crippen LogP contribution in [0.5, 0.6) is 0 Å². The van der Waals surface area contributed by atoms with Crippen LogP contribution in [-0.4, -0.2) is 42.3 Å². The Labute approximate surface area is 116 Å². The molecule has 3 nitrogen and oxygen atoms in total. The fourth-order valence-electron chi connectivity index (χ4n) is 3.12. The highest BCUT2D eigenvalue weighted by molar-refractivity contribution is 5.14. The lowest BCUT2D eigenvalue weighted by atomic mass is 9.89. The minimum Gasteiger partial charge on any atom is -0.395 e. The summed E-state index contributed by atoms with van der Waals surface area (Å²) < 4.78 is 0. The number of hydrogen-bond donors (Lipinski definition) is 2. The summed E-state index contributed by atoms with van der Waals surface area (Å²) in [5.41, 5.74) is 1.37. The van der Waals surface area contributed by atoms with Gasteiger partial charge in [0.1, 0.15) is 0 Å². The molecule has 0 spiro atoms. The number of hydrogen-bond acceptors (Lipinski definition) is 3. The summed E-state index contributed by atoms with van der Waals surface area (Å²) in [7, 11) is 2.22. The molecule has 1 aliphatic carbocycles. The fourth-order valence-corrected chi connectivity index (χ4v) is 3.12. The summed E-state index contributed by atoms with van der Waals surface area (Å²) in [5.74, 6) is 0. The van der Waals surface area contributed by atoms with E-state index >= 15 is 0 Å². The van der Waals surface area contributed by atoms with E-state index in [0.29, 0.717) is 18.6 Å². The van der Waals surface area contributed by atoms with Gasteiger partial charge in [0.25, 0.3) is 0 Å². The van der Waals surface area contributed by atoms with Gasteiger partial charge in [-0.3, -0.25) is 4.90 Å². The largest absolute Gasteiger partial charge is 0.395 e. The second-order valence-corrected chi connectivity index (χ2v) is 5.54. The first kappa shape index (κ1) is 14.5. The average molecular weight is 262 g/mol. The van der Waals surface area contributed by atoms with Crippen molar-refractivity contribution in [3.05, 3.63) is 35.9 Å². The maximum absolute atomic E-state index is 8.98. The molecule has 0 bridgehead atoms. The number of rotatable bonds is 6. The quantitative estimate of drug-likeness (QED) is 0.823. The Morgan fingerprint density at radius 2 is 1.95 bits per heavy atom. The highest BCUT2D eigenvalue weighted by atomic mass is 16.3. The summed E-state index contributed by atoms with van der Waals surface area (Å²) in [6.07, 6.45) is 5.11. The highest BCUT2D eigenvalue weighted by Gasteiger charge is 2.27. The maximum atomic E-state index is 8.98. The van der Waals surface area contributed by atoms with Crippen molar-refractivity contribution >= 4 is 0 Å². The van der Waals surface area contributed by atoms with E-state index in [9.17, 15) is 0 Å². The van der Waals surface area contributed by atoms with Gasteiger partial charge in [0.05, 0.1) is 6.61 Å². The van der Waals surface area contributed by atoms with Crippen molar-refractivity contribution in [3.8, 4) is 0 Å². The molecule has 0 aliphatic heterocycles. The maximum Gasteiger partial charge on any atom is 0.0556 e. The van der Waals surface area contributed by atoms with Crippen molar-refractivity contribution in [2.24, 2.45) is 0 Å². The fraction of sp³-hybridized carbons (Fsp3) is 0.625. The minimum absolute atomic E-state index is 0.228. The number of likely N-dealkylation sites (N-methyl/N-ethyl adjacent to an activating group) is 1. The van der Waals surface area contributed by atoms with Gasteiger partial charge < -0.3 is 10.4 Å². The van der Waals surface area contributed by atoms with Crippen molar-refractivity contribution in [2.45, 2.75) is 44.3 Å². The second-order valence-electron chi connectivity index (χ2n) is 5.54. The Morgan fingerprint density at radius 3 is 2.68 bits per heavy atom. The lowest BCUT2D eigenvalue weighted by Crippen LogP contribution is -2.50. The molecule has 1 aliphatic rings. The smallest absolute Gasteiger partial charge is 0.0556 e. The molecule has 0 aromatic heterocycles. The number of benzene rings is 1. The molecule has 1 aromatic rings. The first-order chi connectivity index (χ1) is 9.31. The van der Waals surface area contributed by atoms with Crippen molar-refractivity contribution in [2.75, 3.05) is 20.2 Å². The zero-order chi connectivity index (χ0) is 13.5.